The molecule has 0 bridgehead atoms. The van der Waals surface area contributed by atoms with Gasteiger partial charge in [-0.15, -0.1) is 10.2 Å². The van der Waals surface area contributed by atoms with Gasteiger partial charge in [-0.05, 0) is 35.9 Å². The molecule has 1 saturated heterocycles. The zero-order valence-electron chi connectivity index (χ0n) is 20.2. The number of piperazine rings is 1. The fraction of sp³-hybridized carbons (Fsp3) is 0.269. The Morgan fingerprint density at radius 3 is 2.72 bits per heavy atom. The van der Waals surface area contributed by atoms with Crippen LogP contribution < -0.4 is 20.9 Å². The highest BCUT2D eigenvalue weighted by Crippen LogP contribution is 2.21. The predicted molar refractivity (Wildman–Crippen MR) is 138 cm³/mol. The van der Waals surface area contributed by atoms with Crippen LogP contribution in [0.4, 0.5) is 11.4 Å². The van der Waals surface area contributed by atoms with Gasteiger partial charge in [0.2, 0.25) is 0 Å². The quantitative estimate of drug-likeness (QED) is 0.350. The summed E-state index contributed by atoms with van der Waals surface area (Å²) in [6.07, 6.45) is 3.16. The molecule has 1 aliphatic heterocycles. The van der Waals surface area contributed by atoms with Gasteiger partial charge >= 0.3 is 0 Å². The maximum atomic E-state index is 12.9. The zero-order chi connectivity index (χ0) is 24.7. The van der Waals surface area contributed by atoms with Crippen molar-refractivity contribution in [3.8, 4) is 11.5 Å². The van der Waals surface area contributed by atoms with Gasteiger partial charge in [-0.2, -0.15) is 0 Å². The Labute approximate surface area is 209 Å². The number of rotatable bonds is 8. The van der Waals surface area contributed by atoms with E-state index in [0.29, 0.717) is 30.2 Å². The highest BCUT2D eigenvalue weighted by Gasteiger charge is 2.15. The molecular weight excluding hydrogens is 454 g/mol. The molecule has 10 heteroatoms. The van der Waals surface area contributed by atoms with Crippen molar-refractivity contribution in [2.24, 2.45) is 7.05 Å². The second kappa shape index (κ2) is 11.0. The number of benzene rings is 2. The van der Waals surface area contributed by atoms with Crippen molar-refractivity contribution in [1.29, 1.82) is 0 Å². The molecule has 1 fully saturated rings. The molecule has 3 N–H and O–H groups in total. The Morgan fingerprint density at radius 2 is 1.89 bits per heavy atom. The third kappa shape index (κ3) is 5.33. The summed E-state index contributed by atoms with van der Waals surface area (Å²) in [5.41, 5.74) is 4.43. The van der Waals surface area contributed by atoms with Crippen molar-refractivity contribution in [3.05, 3.63) is 84.1 Å². The molecule has 3 heterocycles. The Morgan fingerprint density at radius 1 is 1.03 bits per heavy atom. The van der Waals surface area contributed by atoms with Crippen molar-refractivity contribution in [3.63, 3.8) is 0 Å². The van der Waals surface area contributed by atoms with Gasteiger partial charge in [0, 0.05) is 62.9 Å². The van der Waals surface area contributed by atoms with Gasteiger partial charge in [-0.1, -0.05) is 24.3 Å². The minimum absolute atomic E-state index is 0.113. The van der Waals surface area contributed by atoms with Crippen LogP contribution in [0.15, 0.2) is 67.1 Å². The van der Waals surface area contributed by atoms with Crippen LogP contribution in [-0.4, -0.2) is 56.8 Å². The first-order chi connectivity index (χ1) is 17.7. The van der Waals surface area contributed by atoms with Gasteiger partial charge in [0.05, 0.1) is 6.54 Å². The molecule has 10 nitrogen and oxygen atoms in total. The smallest absolute Gasteiger partial charge is 0.251 e. The number of carbonyl (C=O) groups excluding carboxylic acids is 1. The molecule has 184 valence electrons. The van der Waals surface area contributed by atoms with E-state index < -0.39 is 0 Å². The largest absolute Gasteiger partial charge is 0.378 e. The van der Waals surface area contributed by atoms with Gasteiger partial charge in [0.25, 0.3) is 5.91 Å². The third-order valence-corrected chi connectivity index (χ3v) is 6.24. The van der Waals surface area contributed by atoms with E-state index in [9.17, 15) is 4.79 Å². The van der Waals surface area contributed by atoms with Crippen LogP contribution in [-0.2, 0) is 20.1 Å². The van der Waals surface area contributed by atoms with Crippen LogP contribution in [0.2, 0.25) is 0 Å². The highest BCUT2D eigenvalue weighted by molar-refractivity contribution is 5.95. The first-order valence-corrected chi connectivity index (χ1v) is 12.0. The van der Waals surface area contributed by atoms with Crippen LogP contribution >= 0.6 is 0 Å². The van der Waals surface area contributed by atoms with Crippen LogP contribution in [0.5, 0.6) is 0 Å². The van der Waals surface area contributed by atoms with E-state index in [2.05, 4.69) is 53.1 Å². The van der Waals surface area contributed by atoms with Crippen LogP contribution in [0, 0.1) is 0 Å². The molecule has 0 saturated carbocycles. The molecular formula is C26H29N9O. The summed E-state index contributed by atoms with van der Waals surface area (Å²) in [6.45, 7) is 4.79. The lowest BCUT2D eigenvalue weighted by molar-refractivity contribution is 0.0951. The van der Waals surface area contributed by atoms with Crippen LogP contribution in [0.3, 0.4) is 0 Å². The second-order valence-corrected chi connectivity index (χ2v) is 8.58. The number of anilines is 2. The summed E-state index contributed by atoms with van der Waals surface area (Å²) in [7, 11) is 1.90. The van der Waals surface area contributed by atoms with Crippen molar-refractivity contribution < 1.29 is 4.79 Å². The average molecular weight is 484 g/mol. The monoisotopic (exact) mass is 483 g/mol. The van der Waals surface area contributed by atoms with E-state index in [4.69, 9.17) is 0 Å². The number of nitrogens with zero attached hydrogens (tertiary/aromatic N) is 6. The fourth-order valence-electron chi connectivity index (χ4n) is 4.27. The van der Waals surface area contributed by atoms with E-state index in [0.717, 1.165) is 43.3 Å². The summed E-state index contributed by atoms with van der Waals surface area (Å²) < 4.78 is 1.89. The lowest BCUT2D eigenvalue weighted by Gasteiger charge is -2.31. The van der Waals surface area contributed by atoms with Gasteiger partial charge in [0.1, 0.15) is 12.0 Å². The van der Waals surface area contributed by atoms with Crippen molar-refractivity contribution in [2.75, 3.05) is 36.4 Å². The van der Waals surface area contributed by atoms with Crippen LogP contribution in [0.1, 0.15) is 21.7 Å². The van der Waals surface area contributed by atoms with Crippen molar-refractivity contribution in [2.45, 2.75) is 13.1 Å². The fourth-order valence-corrected chi connectivity index (χ4v) is 4.27. The molecule has 0 radical (unpaired) electrons. The van der Waals surface area contributed by atoms with Gasteiger partial charge in [0.15, 0.2) is 11.6 Å². The lowest BCUT2D eigenvalue weighted by Crippen LogP contribution is -2.44. The van der Waals surface area contributed by atoms with E-state index in [1.165, 1.54) is 12.0 Å². The zero-order valence-corrected chi connectivity index (χ0v) is 20.2. The molecule has 1 amide bonds. The number of para-hydroxylation sites is 1. The SMILES string of the molecule is Cn1c(CNc2cccc(C(=O)NCc3ccccc3N3CCNCC3)c2)nnc1-c1ccncn1. The highest BCUT2D eigenvalue weighted by atomic mass is 16.1. The van der Waals surface area contributed by atoms with E-state index >= 15 is 0 Å². The lowest BCUT2D eigenvalue weighted by atomic mass is 10.1. The second-order valence-electron chi connectivity index (χ2n) is 8.58. The molecule has 2 aromatic heterocycles. The maximum absolute atomic E-state index is 12.9. The normalized spacial score (nSPS) is 13.4. The first-order valence-electron chi connectivity index (χ1n) is 12.0. The Balaban J connectivity index is 1.21. The maximum Gasteiger partial charge on any atom is 0.251 e. The Hall–Kier alpha value is -4.31. The molecule has 36 heavy (non-hydrogen) atoms. The topological polar surface area (TPSA) is 113 Å². The Kier molecular flexibility index (Phi) is 7.13. The molecule has 1 aliphatic rings. The van der Waals surface area contributed by atoms with E-state index in [1.54, 1.807) is 12.3 Å². The number of amides is 1. The molecule has 0 atom stereocenters. The summed E-state index contributed by atoms with van der Waals surface area (Å²) in [6, 6.07) is 17.5. The van der Waals surface area contributed by atoms with Gasteiger partial charge in [-0.3, -0.25) is 4.79 Å². The predicted octanol–water partition coefficient (Wildman–Crippen LogP) is 2.22. The number of aromatic nitrogens is 5. The minimum atomic E-state index is -0.113. The van der Waals surface area contributed by atoms with Crippen LogP contribution in [0.25, 0.3) is 11.5 Å². The standard InChI is InChI=1S/C26H29N9O/c1-34-24(32-33-25(34)22-9-10-28-18-31-22)17-29-21-7-4-6-19(15-21)26(36)30-16-20-5-2-3-8-23(20)35-13-11-27-12-14-35/h2-10,15,18,27,29H,11-14,16-17H2,1H3,(H,30,36). The van der Waals surface area contributed by atoms with Gasteiger partial charge < -0.3 is 25.4 Å². The summed E-state index contributed by atoms with van der Waals surface area (Å²) in [5, 5.41) is 18.3. The summed E-state index contributed by atoms with van der Waals surface area (Å²) in [4.78, 5) is 23.5. The molecule has 0 aliphatic carbocycles. The third-order valence-electron chi connectivity index (χ3n) is 6.24. The van der Waals surface area contributed by atoms with E-state index in [-0.39, 0.29) is 5.91 Å². The Bertz CT molecular complexity index is 1320. The van der Waals surface area contributed by atoms with Crippen molar-refractivity contribution in [1.82, 2.24) is 35.4 Å². The minimum Gasteiger partial charge on any atom is -0.378 e. The molecule has 0 unspecified atom stereocenters. The number of nitrogens with one attached hydrogen (secondary N) is 3. The van der Waals surface area contributed by atoms with Gasteiger partial charge in [-0.25, -0.2) is 9.97 Å². The molecule has 0 spiro atoms. The molecule has 4 aromatic rings. The summed E-state index contributed by atoms with van der Waals surface area (Å²) >= 11 is 0. The molecule has 5 rings (SSSR count). The van der Waals surface area contributed by atoms with E-state index in [1.807, 2.05) is 48.0 Å². The first kappa shape index (κ1) is 23.4. The summed E-state index contributed by atoms with van der Waals surface area (Å²) in [5.74, 6) is 1.31. The molecule has 2 aromatic carbocycles. The van der Waals surface area contributed by atoms with Crippen molar-refractivity contribution >= 4 is 17.3 Å². The number of hydrogen-bond donors (Lipinski definition) is 3. The number of hydrogen-bond acceptors (Lipinski definition) is 8. The number of carbonyl (C=O) groups is 1. The average Bonchev–Trinajstić information content (AvgIpc) is 3.31.